The van der Waals surface area contributed by atoms with Gasteiger partial charge >= 0.3 is 5.97 Å². The predicted octanol–water partition coefficient (Wildman–Crippen LogP) is 7.84. The number of rotatable bonds is 7. The van der Waals surface area contributed by atoms with E-state index in [9.17, 15) is 4.79 Å². The molecule has 0 bridgehead atoms. The van der Waals surface area contributed by atoms with Crippen molar-refractivity contribution in [3.63, 3.8) is 0 Å². The first-order valence-corrected chi connectivity index (χ1v) is 12.4. The topological polar surface area (TPSA) is 56.1 Å². The van der Waals surface area contributed by atoms with Gasteiger partial charge in [-0.05, 0) is 55.0 Å². The van der Waals surface area contributed by atoms with Crippen molar-refractivity contribution in [1.29, 1.82) is 0 Å². The molecule has 0 spiro atoms. The van der Waals surface area contributed by atoms with Crippen LogP contribution in [0.4, 0.5) is 10.7 Å². The van der Waals surface area contributed by atoms with E-state index < -0.39 is 0 Å². The van der Waals surface area contributed by atoms with Crippen LogP contribution in [0, 0.1) is 0 Å². The van der Waals surface area contributed by atoms with Gasteiger partial charge in [-0.1, -0.05) is 60.1 Å². The Bertz CT molecular complexity index is 1450. The molecule has 0 aliphatic heterocycles. The van der Waals surface area contributed by atoms with Crippen LogP contribution < -0.4 is 5.32 Å². The molecule has 0 aliphatic rings. The minimum Gasteiger partial charge on any atom is -0.462 e. The van der Waals surface area contributed by atoms with Gasteiger partial charge in [-0.3, -0.25) is 0 Å². The van der Waals surface area contributed by atoms with E-state index in [1.807, 2.05) is 104 Å². The molecule has 35 heavy (non-hydrogen) atoms. The Balaban J connectivity index is 1.68. The molecule has 0 aliphatic carbocycles. The molecule has 174 valence electrons. The average Bonchev–Trinajstić information content (AvgIpc) is 3.51. The van der Waals surface area contributed by atoms with Gasteiger partial charge in [0.05, 0.1) is 17.2 Å². The van der Waals surface area contributed by atoms with Gasteiger partial charge in [0, 0.05) is 22.5 Å². The number of hydrogen-bond acceptors (Lipinski definition) is 5. The second-order valence-corrected chi connectivity index (χ2v) is 9.17. The molecule has 5 aromatic rings. The van der Waals surface area contributed by atoms with Gasteiger partial charge in [-0.2, -0.15) is 5.10 Å². The van der Waals surface area contributed by atoms with Crippen LogP contribution in [0.2, 0.25) is 5.02 Å². The maximum Gasteiger partial charge on any atom is 0.341 e. The number of carbonyl (C=O) groups is 1. The van der Waals surface area contributed by atoms with E-state index in [2.05, 4.69) is 5.32 Å². The zero-order chi connectivity index (χ0) is 24.2. The van der Waals surface area contributed by atoms with Gasteiger partial charge in [-0.25, -0.2) is 9.48 Å². The van der Waals surface area contributed by atoms with E-state index in [1.54, 1.807) is 4.68 Å². The Kier molecular flexibility index (Phi) is 6.66. The summed E-state index contributed by atoms with van der Waals surface area (Å²) in [6.45, 7) is 2.10. The molecule has 0 amide bonds. The molecule has 5 rings (SSSR count). The standard InChI is InChI=1S/C28H22ClN3O2S/c1-2-34-28(33)25-24(19-9-5-3-6-10-19)26(35-27(25)30-21-11-7-4-8-12-21)23-17-18-32(31-23)22-15-13-20(29)14-16-22/h3-18,30H,2H2,1H3. The van der Waals surface area contributed by atoms with E-state index >= 15 is 0 Å². The maximum atomic E-state index is 13.3. The summed E-state index contributed by atoms with van der Waals surface area (Å²) in [6, 6.07) is 29.1. The van der Waals surface area contributed by atoms with Crippen LogP contribution in [0.5, 0.6) is 0 Å². The van der Waals surface area contributed by atoms with Gasteiger partial charge in [0.15, 0.2) is 0 Å². The number of nitrogens with one attached hydrogen (secondary N) is 1. The third-order valence-electron chi connectivity index (χ3n) is 5.39. The molecule has 0 atom stereocenters. The van der Waals surface area contributed by atoms with Crippen molar-refractivity contribution < 1.29 is 9.53 Å². The number of nitrogens with zero attached hydrogens (tertiary/aromatic N) is 2. The van der Waals surface area contributed by atoms with Crippen LogP contribution in [-0.4, -0.2) is 22.4 Å². The second-order valence-electron chi connectivity index (χ2n) is 7.71. The smallest absolute Gasteiger partial charge is 0.341 e. The first-order chi connectivity index (χ1) is 17.1. The Labute approximate surface area is 212 Å². The third kappa shape index (κ3) is 4.85. The number of anilines is 2. The van der Waals surface area contributed by atoms with Crippen LogP contribution in [0.15, 0.2) is 97.2 Å². The molecule has 2 aromatic heterocycles. The zero-order valence-electron chi connectivity index (χ0n) is 18.9. The summed E-state index contributed by atoms with van der Waals surface area (Å²) >= 11 is 7.54. The lowest BCUT2D eigenvalue weighted by Gasteiger charge is -2.10. The van der Waals surface area contributed by atoms with Crippen LogP contribution >= 0.6 is 22.9 Å². The molecule has 0 saturated heterocycles. The lowest BCUT2D eigenvalue weighted by molar-refractivity contribution is 0.0529. The van der Waals surface area contributed by atoms with Crippen molar-refractivity contribution in [3.8, 4) is 27.4 Å². The largest absolute Gasteiger partial charge is 0.462 e. The number of esters is 1. The number of halogens is 1. The molecule has 0 saturated carbocycles. The third-order valence-corrected chi connectivity index (χ3v) is 6.77. The molecule has 3 aromatic carbocycles. The summed E-state index contributed by atoms with van der Waals surface area (Å²) in [7, 11) is 0. The summed E-state index contributed by atoms with van der Waals surface area (Å²) in [5.74, 6) is -0.371. The van der Waals surface area contributed by atoms with Crippen molar-refractivity contribution in [3.05, 3.63) is 108 Å². The van der Waals surface area contributed by atoms with Gasteiger partial charge in [0.2, 0.25) is 0 Å². The molecule has 0 fully saturated rings. The van der Waals surface area contributed by atoms with Gasteiger partial charge in [0.1, 0.15) is 16.3 Å². The summed E-state index contributed by atoms with van der Waals surface area (Å²) in [5, 5.41) is 9.64. The fraction of sp³-hybridized carbons (Fsp3) is 0.0714. The number of carbonyl (C=O) groups excluding carboxylic acids is 1. The van der Waals surface area contributed by atoms with Crippen LogP contribution in [0.25, 0.3) is 27.4 Å². The molecular formula is C28H22ClN3O2S. The predicted molar refractivity (Wildman–Crippen MR) is 143 cm³/mol. The highest BCUT2D eigenvalue weighted by molar-refractivity contribution is 7.20. The summed E-state index contributed by atoms with van der Waals surface area (Å²) in [6.07, 6.45) is 1.90. The SMILES string of the molecule is CCOC(=O)c1c(Nc2ccccc2)sc(-c2ccn(-c3ccc(Cl)cc3)n2)c1-c1ccccc1. The number of para-hydroxylation sites is 1. The fourth-order valence-corrected chi connectivity index (χ4v) is 5.13. The normalized spacial score (nSPS) is 10.8. The Morgan fingerprint density at radius 3 is 2.34 bits per heavy atom. The van der Waals surface area contributed by atoms with Crippen molar-refractivity contribution in [2.75, 3.05) is 11.9 Å². The van der Waals surface area contributed by atoms with Crippen LogP contribution in [0.3, 0.4) is 0 Å². The Morgan fingerprint density at radius 1 is 0.971 bits per heavy atom. The summed E-state index contributed by atoms with van der Waals surface area (Å²) in [4.78, 5) is 14.1. The van der Waals surface area contributed by atoms with E-state index in [0.717, 1.165) is 33.1 Å². The van der Waals surface area contributed by atoms with E-state index in [4.69, 9.17) is 21.4 Å². The highest BCUT2D eigenvalue weighted by Gasteiger charge is 2.28. The lowest BCUT2D eigenvalue weighted by atomic mass is 10.00. The molecule has 2 heterocycles. The first kappa shape index (κ1) is 22.9. The minimum absolute atomic E-state index is 0.286. The van der Waals surface area contributed by atoms with Crippen molar-refractivity contribution >= 4 is 39.6 Å². The van der Waals surface area contributed by atoms with Crippen molar-refractivity contribution in [1.82, 2.24) is 9.78 Å². The average molecular weight is 500 g/mol. The number of aromatic nitrogens is 2. The summed E-state index contributed by atoms with van der Waals surface area (Å²) < 4.78 is 7.29. The quantitative estimate of drug-likeness (QED) is 0.232. The second kappa shape index (κ2) is 10.2. The Morgan fingerprint density at radius 2 is 1.66 bits per heavy atom. The number of hydrogen-bond donors (Lipinski definition) is 1. The highest BCUT2D eigenvalue weighted by atomic mass is 35.5. The van der Waals surface area contributed by atoms with Gasteiger partial charge < -0.3 is 10.1 Å². The van der Waals surface area contributed by atoms with Gasteiger partial charge in [-0.15, -0.1) is 11.3 Å². The summed E-state index contributed by atoms with van der Waals surface area (Å²) in [5.41, 5.74) is 4.76. The number of ether oxygens (including phenoxy) is 1. The number of benzene rings is 3. The molecule has 5 nitrogen and oxygen atoms in total. The molecule has 7 heteroatoms. The molecule has 1 N–H and O–H groups in total. The Hall–Kier alpha value is -3.87. The molecular weight excluding hydrogens is 478 g/mol. The minimum atomic E-state index is -0.371. The first-order valence-electron chi connectivity index (χ1n) is 11.2. The van der Waals surface area contributed by atoms with Crippen LogP contribution in [0.1, 0.15) is 17.3 Å². The van der Waals surface area contributed by atoms with E-state index in [1.165, 1.54) is 11.3 Å². The van der Waals surface area contributed by atoms with E-state index in [-0.39, 0.29) is 12.6 Å². The highest BCUT2D eigenvalue weighted by Crippen LogP contribution is 2.47. The van der Waals surface area contributed by atoms with Gasteiger partial charge in [0.25, 0.3) is 0 Å². The molecule has 0 unspecified atom stereocenters. The fourth-order valence-electron chi connectivity index (χ4n) is 3.81. The monoisotopic (exact) mass is 499 g/mol. The van der Waals surface area contributed by atoms with Crippen molar-refractivity contribution in [2.24, 2.45) is 0 Å². The maximum absolute atomic E-state index is 13.3. The van der Waals surface area contributed by atoms with E-state index in [0.29, 0.717) is 15.6 Å². The zero-order valence-corrected chi connectivity index (χ0v) is 20.5. The van der Waals surface area contributed by atoms with Crippen LogP contribution in [-0.2, 0) is 4.74 Å². The molecule has 0 radical (unpaired) electrons. The lowest BCUT2D eigenvalue weighted by Crippen LogP contribution is -2.07. The van der Waals surface area contributed by atoms with Crippen molar-refractivity contribution in [2.45, 2.75) is 6.92 Å². The number of thiophene rings is 1.